The molecule has 0 saturated carbocycles. The first-order valence-corrected chi connectivity index (χ1v) is 8.95. The normalized spacial score (nSPS) is 15.5. The van der Waals surface area contributed by atoms with Crippen LogP contribution < -0.4 is 5.32 Å². The Bertz CT molecular complexity index is 848. The second kappa shape index (κ2) is 8.26. The first-order chi connectivity index (χ1) is 12.9. The summed E-state index contributed by atoms with van der Waals surface area (Å²) in [7, 11) is 0. The van der Waals surface area contributed by atoms with E-state index in [1.54, 1.807) is 25.1 Å². The Labute approximate surface area is 157 Å². The fourth-order valence-electron chi connectivity index (χ4n) is 3.31. The highest BCUT2D eigenvalue weighted by molar-refractivity contribution is 5.93. The zero-order chi connectivity index (χ0) is 19.4. The number of aryl methyl sites for hydroxylation is 1. The van der Waals surface area contributed by atoms with Gasteiger partial charge in [0.1, 0.15) is 5.82 Å². The van der Waals surface area contributed by atoms with E-state index >= 15 is 0 Å². The summed E-state index contributed by atoms with van der Waals surface area (Å²) in [6.07, 6.45) is 1.35. The first kappa shape index (κ1) is 19.0. The molecular formula is C20H22FN3O3. The second-order valence-electron chi connectivity index (χ2n) is 6.89. The molecular weight excluding hydrogens is 349 g/mol. The number of rotatable bonds is 5. The van der Waals surface area contributed by atoms with Crippen molar-refractivity contribution in [1.82, 2.24) is 4.90 Å². The highest BCUT2D eigenvalue weighted by Gasteiger charge is 2.26. The first-order valence-electron chi connectivity index (χ1n) is 8.95. The highest BCUT2D eigenvalue weighted by Crippen LogP contribution is 2.25. The number of amides is 1. The standard InChI is InChI=1S/C20H22FN3O3/c1-14-6-7-17(24(26)27)12-19(14)22-20(25)15-8-10-23(11-9-15)13-16-4-2-3-5-18(16)21/h2-7,12,15H,8-11,13H2,1H3,(H,22,25). The molecule has 1 fully saturated rings. The number of halogens is 1. The number of carbonyl (C=O) groups excluding carboxylic acids is 1. The molecule has 27 heavy (non-hydrogen) atoms. The second-order valence-corrected chi connectivity index (χ2v) is 6.89. The van der Waals surface area contributed by atoms with Gasteiger partial charge >= 0.3 is 0 Å². The number of likely N-dealkylation sites (tertiary alicyclic amines) is 1. The molecule has 6 nitrogen and oxygen atoms in total. The van der Waals surface area contributed by atoms with Crippen molar-refractivity contribution >= 4 is 17.3 Å². The van der Waals surface area contributed by atoms with Crippen molar-refractivity contribution in [2.45, 2.75) is 26.3 Å². The number of benzene rings is 2. The molecule has 1 amide bonds. The van der Waals surface area contributed by atoms with E-state index in [0.717, 1.165) is 5.56 Å². The summed E-state index contributed by atoms with van der Waals surface area (Å²) < 4.78 is 13.8. The van der Waals surface area contributed by atoms with E-state index in [1.807, 2.05) is 6.07 Å². The Balaban J connectivity index is 1.57. The van der Waals surface area contributed by atoms with Gasteiger partial charge in [-0.1, -0.05) is 24.3 Å². The SMILES string of the molecule is Cc1ccc([N+](=O)[O-])cc1NC(=O)C1CCN(Cc2ccccc2F)CC1. The highest BCUT2D eigenvalue weighted by atomic mass is 19.1. The van der Waals surface area contributed by atoms with Crippen molar-refractivity contribution in [3.63, 3.8) is 0 Å². The Morgan fingerprint density at radius 1 is 1.26 bits per heavy atom. The Kier molecular flexibility index (Phi) is 5.81. The summed E-state index contributed by atoms with van der Waals surface area (Å²) >= 11 is 0. The number of carbonyl (C=O) groups is 1. The number of nitrogens with zero attached hydrogens (tertiary/aromatic N) is 2. The van der Waals surface area contributed by atoms with Crippen molar-refractivity contribution in [1.29, 1.82) is 0 Å². The number of non-ortho nitro benzene ring substituents is 1. The zero-order valence-electron chi connectivity index (χ0n) is 15.2. The molecule has 0 spiro atoms. The van der Waals surface area contributed by atoms with E-state index in [-0.39, 0.29) is 23.3 Å². The quantitative estimate of drug-likeness (QED) is 0.639. The van der Waals surface area contributed by atoms with Gasteiger partial charge in [0.25, 0.3) is 5.69 Å². The molecule has 1 heterocycles. The van der Waals surface area contributed by atoms with Crippen LogP contribution in [0.15, 0.2) is 42.5 Å². The molecule has 1 saturated heterocycles. The molecule has 1 aliphatic heterocycles. The molecule has 2 aromatic carbocycles. The van der Waals surface area contributed by atoms with Crippen molar-refractivity contribution in [2.75, 3.05) is 18.4 Å². The van der Waals surface area contributed by atoms with E-state index in [2.05, 4.69) is 10.2 Å². The predicted octanol–water partition coefficient (Wildman–Crippen LogP) is 3.89. The van der Waals surface area contributed by atoms with Crippen LogP contribution in [-0.2, 0) is 11.3 Å². The van der Waals surface area contributed by atoms with Gasteiger partial charge in [-0.2, -0.15) is 0 Å². The number of nitro groups is 1. The van der Waals surface area contributed by atoms with Crippen LogP contribution in [0.3, 0.4) is 0 Å². The minimum absolute atomic E-state index is 0.0457. The number of hydrogen-bond donors (Lipinski definition) is 1. The van der Waals surface area contributed by atoms with Crippen LogP contribution in [0.2, 0.25) is 0 Å². The van der Waals surface area contributed by atoms with E-state index in [0.29, 0.717) is 43.7 Å². The van der Waals surface area contributed by atoms with Gasteiger partial charge in [0.2, 0.25) is 5.91 Å². The maximum Gasteiger partial charge on any atom is 0.271 e. The van der Waals surface area contributed by atoms with E-state index in [1.165, 1.54) is 18.2 Å². The summed E-state index contributed by atoms with van der Waals surface area (Å²) in [4.78, 5) is 25.1. The number of anilines is 1. The Hall–Kier alpha value is -2.80. The fraction of sp³-hybridized carbons (Fsp3) is 0.350. The lowest BCUT2D eigenvalue weighted by Gasteiger charge is -2.31. The van der Waals surface area contributed by atoms with E-state index in [9.17, 15) is 19.3 Å². The largest absolute Gasteiger partial charge is 0.325 e. The maximum absolute atomic E-state index is 13.8. The monoisotopic (exact) mass is 371 g/mol. The van der Waals surface area contributed by atoms with E-state index < -0.39 is 4.92 Å². The molecule has 0 aromatic heterocycles. The number of piperidine rings is 1. The minimum atomic E-state index is -0.476. The number of nitrogens with one attached hydrogen (secondary N) is 1. The molecule has 0 unspecified atom stereocenters. The van der Waals surface area contributed by atoms with Gasteiger partial charge in [0.05, 0.1) is 10.6 Å². The molecule has 0 radical (unpaired) electrons. The summed E-state index contributed by atoms with van der Waals surface area (Å²) in [5, 5.41) is 13.7. The van der Waals surface area contributed by atoms with Gasteiger partial charge in [0, 0.05) is 30.2 Å². The third-order valence-electron chi connectivity index (χ3n) is 5.00. The van der Waals surface area contributed by atoms with Crippen molar-refractivity contribution in [2.24, 2.45) is 5.92 Å². The molecule has 0 aliphatic carbocycles. The average molecular weight is 371 g/mol. The van der Waals surface area contributed by atoms with Crippen LogP contribution in [0.1, 0.15) is 24.0 Å². The van der Waals surface area contributed by atoms with Crippen molar-refractivity contribution in [3.8, 4) is 0 Å². The zero-order valence-corrected chi connectivity index (χ0v) is 15.2. The third-order valence-corrected chi connectivity index (χ3v) is 5.00. The van der Waals surface area contributed by atoms with Gasteiger partial charge in [-0.15, -0.1) is 0 Å². The van der Waals surface area contributed by atoms with Gasteiger partial charge in [0.15, 0.2) is 0 Å². The molecule has 3 rings (SSSR count). The molecule has 2 aromatic rings. The van der Waals surface area contributed by atoms with Crippen LogP contribution in [-0.4, -0.2) is 28.8 Å². The van der Waals surface area contributed by atoms with Crippen molar-refractivity contribution in [3.05, 3.63) is 69.5 Å². The summed E-state index contributed by atoms with van der Waals surface area (Å²) in [5.74, 6) is -0.483. The summed E-state index contributed by atoms with van der Waals surface area (Å²) in [6.45, 7) is 3.75. The van der Waals surface area contributed by atoms with Gasteiger partial charge in [-0.05, 0) is 44.5 Å². The number of hydrogen-bond acceptors (Lipinski definition) is 4. The lowest BCUT2D eigenvalue weighted by molar-refractivity contribution is -0.384. The fourth-order valence-corrected chi connectivity index (χ4v) is 3.31. The van der Waals surface area contributed by atoms with Crippen LogP contribution >= 0.6 is 0 Å². The van der Waals surface area contributed by atoms with Crippen LogP contribution in [0.4, 0.5) is 15.8 Å². The molecule has 1 aliphatic rings. The van der Waals surface area contributed by atoms with Gasteiger partial charge in [-0.3, -0.25) is 19.8 Å². The number of nitro benzene ring substituents is 1. The molecule has 142 valence electrons. The maximum atomic E-state index is 13.8. The van der Waals surface area contributed by atoms with Crippen LogP contribution in [0.5, 0.6) is 0 Å². The molecule has 0 atom stereocenters. The Morgan fingerprint density at radius 3 is 2.63 bits per heavy atom. The predicted molar refractivity (Wildman–Crippen MR) is 101 cm³/mol. The summed E-state index contributed by atoms with van der Waals surface area (Å²) in [6, 6.07) is 11.2. The van der Waals surface area contributed by atoms with Crippen LogP contribution in [0, 0.1) is 28.8 Å². The minimum Gasteiger partial charge on any atom is -0.325 e. The molecule has 1 N–H and O–H groups in total. The lowest BCUT2D eigenvalue weighted by atomic mass is 9.95. The topological polar surface area (TPSA) is 75.5 Å². The van der Waals surface area contributed by atoms with Gasteiger partial charge < -0.3 is 5.32 Å². The third kappa shape index (κ3) is 4.68. The average Bonchev–Trinajstić information content (AvgIpc) is 2.65. The molecule has 7 heteroatoms. The van der Waals surface area contributed by atoms with Crippen molar-refractivity contribution < 1.29 is 14.1 Å². The Morgan fingerprint density at radius 2 is 1.96 bits per heavy atom. The summed E-state index contributed by atoms with van der Waals surface area (Å²) in [5.41, 5.74) is 1.87. The lowest BCUT2D eigenvalue weighted by Crippen LogP contribution is -2.38. The van der Waals surface area contributed by atoms with Crippen LogP contribution in [0.25, 0.3) is 0 Å². The van der Waals surface area contributed by atoms with E-state index in [4.69, 9.17) is 0 Å². The molecule has 0 bridgehead atoms. The smallest absolute Gasteiger partial charge is 0.271 e. The van der Waals surface area contributed by atoms with Gasteiger partial charge in [-0.25, -0.2) is 4.39 Å².